The van der Waals surface area contributed by atoms with Gasteiger partial charge in [-0.2, -0.15) is 11.8 Å². The van der Waals surface area contributed by atoms with E-state index >= 15 is 0 Å². The molecule has 0 bridgehead atoms. The number of rotatable bonds is 1. The molecule has 1 amide bonds. The van der Waals surface area contributed by atoms with Crippen LogP contribution in [0.1, 0.15) is 20.8 Å². The first kappa shape index (κ1) is 12.0. The minimum absolute atomic E-state index is 0.205. The molecule has 0 unspecified atom stereocenters. The van der Waals surface area contributed by atoms with Gasteiger partial charge >= 0.3 is 0 Å². The lowest BCUT2D eigenvalue weighted by atomic mass is 10.0. The van der Waals surface area contributed by atoms with E-state index in [4.69, 9.17) is 0 Å². The van der Waals surface area contributed by atoms with Crippen molar-refractivity contribution in [3.8, 4) is 0 Å². The standard InChI is InChI=1S/C12H20N2OS/c1-9(10-6-13-7-10)11(15)14-4-5-16-12(2,3)8-14/h13H,4-8H2,1-3H3. The van der Waals surface area contributed by atoms with Crippen LogP contribution in [0.2, 0.25) is 0 Å². The Bertz CT molecular complexity index is 330. The molecule has 4 heteroatoms. The molecule has 1 N–H and O–H groups in total. The Kier molecular flexibility index (Phi) is 3.31. The highest BCUT2D eigenvalue weighted by Gasteiger charge is 2.31. The number of amides is 1. The van der Waals surface area contributed by atoms with Crippen LogP contribution >= 0.6 is 11.8 Å². The van der Waals surface area contributed by atoms with E-state index in [1.807, 2.05) is 23.6 Å². The largest absolute Gasteiger partial charge is 0.337 e. The van der Waals surface area contributed by atoms with E-state index in [2.05, 4.69) is 19.2 Å². The number of nitrogens with one attached hydrogen (secondary N) is 1. The van der Waals surface area contributed by atoms with Crippen molar-refractivity contribution in [2.45, 2.75) is 25.5 Å². The second-order valence-corrected chi connectivity index (χ2v) is 6.97. The van der Waals surface area contributed by atoms with Gasteiger partial charge in [-0.15, -0.1) is 0 Å². The van der Waals surface area contributed by atoms with Crippen molar-refractivity contribution in [1.29, 1.82) is 0 Å². The molecule has 0 spiro atoms. The number of carbonyl (C=O) groups excluding carboxylic acids is 1. The maximum atomic E-state index is 12.3. The molecule has 0 aromatic rings. The van der Waals surface area contributed by atoms with E-state index in [-0.39, 0.29) is 10.7 Å². The zero-order chi connectivity index (χ0) is 11.8. The molecule has 90 valence electrons. The predicted molar refractivity (Wildman–Crippen MR) is 68.7 cm³/mol. The zero-order valence-corrected chi connectivity index (χ0v) is 11.1. The molecule has 16 heavy (non-hydrogen) atoms. The van der Waals surface area contributed by atoms with Crippen molar-refractivity contribution in [1.82, 2.24) is 10.2 Å². The lowest BCUT2D eigenvalue weighted by molar-refractivity contribution is -0.127. The van der Waals surface area contributed by atoms with Crippen molar-refractivity contribution < 1.29 is 4.79 Å². The Morgan fingerprint density at radius 3 is 2.62 bits per heavy atom. The van der Waals surface area contributed by atoms with Gasteiger partial charge in [-0.1, -0.05) is 0 Å². The number of hydrogen-bond donors (Lipinski definition) is 1. The number of carbonyl (C=O) groups is 1. The van der Waals surface area contributed by atoms with Crippen LogP contribution in [0.5, 0.6) is 0 Å². The molecule has 2 rings (SSSR count). The monoisotopic (exact) mass is 240 g/mol. The van der Waals surface area contributed by atoms with Gasteiger partial charge < -0.3 is 10.2 Å². The van der Waals surface area contributed by atoms with Crippen LogP contribution in [-0.4, -0.2) is 47.5 Å². The Balaban J connectivity index is 2.04. The first-order valence-corrected chi connectivity index (χ1v) is 6.81. The molecule has 2 saturated heterocycles. The highest BCUT2D eigenvalue weighted by Crippen LogP contribution is 2.30. The average molecular weight is 240 g/mol. The van der Waals surface area contributed by atoms with Crippen molar-refractivity contribution in [3.63, 3.8) is 0 Å². The normalized spacial score (nSPS) is 23.9. The minimum atomic E-state index is 0.205. The fourth-order valence-electron chi connectivity index (χ4n) is 2.09. The topological polar surface area (TPSA) is 32.3 Å². The van der Waals surface area contributed by atoms with Crippen molar-refractivity contribution >= 4 is 17.7 Å². The Morgan fingerprint density at radius 2 is 2.12 bits per heavy atom. The summed E-state index contributed by atoms with van der Waals surface area (Å²) in [5.74, 6) is 1.30. The molecule has 0 radical (unpaired) electrons. The van der Waals surface area contributed by atoms with Gasteiger partial charge in [-0.3, -0.25) is 4.79 Å². The summed E-state index contributed by atoms with van der Waals surface area (Å²) >= 11 is 1.96. The molecule has 0 atom stereocenters. The summed E-state index contributed by atoms with van der Waals surface area (Å²) in [4.78, 5) is 14.3. The van der Waals surface area contributed by atoms with E-state index in [1.165, 1.54) is 5.57 Å². The van der Waals surface area contributed by atoms with Gasteiger partial charge in [-0.25, -0.2) is 0 Å². The summed E-state index contributed by atoms with van der Waals surface area (Å²) in [7, 11) is 0. The molecule has 2 aliphatic heterocycles. The van der Waals surface area contributed by atoms with E-state index < -0.39 is 0 Å². The van der Waals surface area contributed by atoms with Gasteiger partial charge in [0.05, 0.1) is 0 Å². The molecular weight excluding hydrogens is 220 g/mol. The highest BCUT2D eigenvalue weighted by molar-refractivity contribution is 8.00. The summed E-state index contributed by atoms with van der Waals surface area (Å²) in [5.41, 5.74) is 2.24. The van der Waals surface area contributed by atoms with Crippen LogP contribution < -0.4 is 5.32 Å². The first-order valence-electron chi connectivity index (χ1n) is 5.82. The highest BCUT2D eigenvalue weighted by atomic mass is 32.2. The summed E-state index contributed by atoms with van der Waals surface area (Å²) in [5, 5.41) is 3.18. The van der Waals surface area contributed by atoms with E-state index in [0.29, 0.717) is 0 Å². The van der Waals surface area contributed by atoms with Crippen LogP contribution in [-0.2, 0) is 4.79 Å². The molecule has 0 saturated carbocycles. The Hall–Kier alpha value is -0.480. The first-order chi connectivity index (χ1) is 7.49. The zero-order valence-electron chi connectivity index (χ0n) is 10.3. The van der Waals surface area contributed by atoms with Crippen LogP contribution in [0.25, 0.3) is 0 Å². The lowest BCUT2D eigenvalue weighted by Gasteiger charge is -2.38. The maximum Gasteiger partial charge on any atom is 0.249 e. The van der Waals surface area contributed by atoms with Crippen LogP contribution in [0.3, 0.4) is 0 Å². The molecule has 3 nitrogen and oxygen atoms in total. The molecular formula is C12H20N2OS. The Morgan fingerprint density at radius 1 is 1.44 bits per heavy atom. The van der Waals surface area contributed by atoms with Gasteiger partial charge in [0.1, 0.15) is 0 Å². The van der Waals surface area contributed by atoms with Gasteiger partial charge in [0.25, 0.3) is 0 Å². The van der Waals surface area contributed by atoms with Crippen LogP contribution in [0.4, 0.5) is 0 Å². The molecule has 2 fully saturated rings. The second kappa shape index (κ2) is 4.41. The number of hydrogen-bond acceptors (Lipinski definition) is 3. The van der Waals surface area contributed by atoms with Gasteiger partial charge in [0.15, 0.2) is 0 Å². The third-order valence-electron chi connectivity index (χ3n) is 3.24. The van der Waals surface area contributed by atoms with Crippen LogP contribution in [0.15, 0.2) is 11.1 Å². The number of thioether (sulfide) groups is 1. The molecule has 2 aliphatic rings. The summed E-state index contributed by atoms with van der Waals surface area (Å²) < 4.78 is 0.205. The summed E-state index contributed by atoms with van der Waals surface area (Å²) in [6.45, 7) is 9.94. The third kappa shape index (κ3) is 2.43. The smallest absolute Gasteiger partial charge is 0.249 e. The predicted octanol–water partition coefficient (Wildman–Crippen LogP) is 1.26. The quantitative estimate of drug-likeness (QED) is 0.700. The molecule has 0 aromatic carbocycles. The van der Waals surface area contributed by atoms with E-state index in [9.17, 15) is 4.79 Å². The average Bonchev–Trinajstić information content (AvgIpc) is 2.12. The summed E-state index contributed by atoms with van der Waals surface area (Å²) in [6, 6.07) is 0. The molecule has 0 aliphatic carbocycles. The summed E-state index contributed by atoms with van der Waals surface area (Å²) in [6.07, 6.45) is 0. The Labute approximate surface area is 102 Å². The number of nitrogens with zero attached hydrogens (tertiary/aromatic N) is 1. The van der Waals surface area contributed by atoms with Gasteiger partial charge in [0.2, 0.25) is 5.91 Å². The van der Waals surface area contributed by atoms with Gasteiger partial charge in [0, 0.05) is 42.3 Å². The van der Waals surface area contributed by atoms with Crippen LogP contribution in [0, 0.1) is 0 Å². The van der Waals surface area contributed by atoms with Crippen molar-refractivity contribution in [2.24, 2.45) is 0 Å². The minimum Gasteiger partial charge on any atom is -0.337 e. The fraction of sp³-hybridized carbons (Fsp3) is 0.750. The molecule has 0 aromatic heterocycles. The van der Waals surface area contributed by atoms with Crippen molar-refractivity contribution in [2.75, 3.05) is 31.9 Å². The van der Waals surface area contributed by atoms with E-state index in [0.717, 1.165) is 37.5 Å². The lowest BCUT2D eigenvalue weighted by Crippen LogP contribution is -2.47. The molecule has 2 heterocycles. The third-order valence-corrected chi connectivity index (χ3v) is 4.54. The van der Waals surface area contributed by atoms with Gasteiger partial charge in [-0.05, 0) is 26.3 Å². The fourth-order valence-corrected chi connectivity index (χ4v) is 3.20. The maximum absolute atomic E-state index is 12.3. The second-order valence-electron chi connectivity index (χ2n) is 5.17. The SMILES string of the molecule is CC(C(=O)N1CCSC(C)(C)C1)=C1CNC1. The van der Waals surface area contributed by atoms with E-state index in [1.54, 1.807) is 0 Å². The van der Waals surface area contributed by atoms with Crippen molar-refractivity contribution in [3.05, 3.63) is 11.1 Å².